The van der Waals surface area contributed by atoms with Crippen molar-refractivity contribution in [1.29, 1.82) is 0 Å². The van der Waals surface area contributed by atoms with Crippen molar-refractivity contribution in [1.82, 2.24) is 10.2 Å². The quantitative estimate of drug-likeness (QED) is 0.801. The van der Waals surface area contributed by atoms with E-state index in [4.69, 9.17) is 4.74 Å². The summed E-state index contributed by atoms with van der Waals surface area (Å²) in [6, 6.07) is 0. The molecule has 1 heterocycles. The molecule has 17 heavy (non-hydrogen) atoms. The number of nitrogens with one attached hydrogen (secondary N) is 1. The first-order valence-corrected chi connectivity index (χ1v) is 6.71. The van der Waals surface area contributed by atoms with E-state index in [9.17, 15) is 4.79 Å². The number of hydrogen-bond acceptors (Lipinski definition) is 3. The number of amides is 1. The molecule has 2 aliphatic rings. The first-order chi connectivity index (χ1) is 8.14. The molecular formula is C13H24N2O2. The summed E-state index contributed by atoms with van der Waals surface area (Å²) >= 11 is 0. The summed E-state index contributed by atoms with van der Waals surface area (Å²) in [6.45, 7) is 1.50. The van der Waals surface area contributed by atoms with Crippen molar-refractivity contribution in [2.24, 2.45) is 0 Å². The largest absolute Gasteiger partial charge is 0.368 e. The van der Waals surface area contributed by atoms with Crippen LogP contribution in [0.2, 0.25) is 0 Å². The lowest BCUT2D eigenvalue weighted by Gasteiger charge is -2.36. The van der Waals surface area contributed by atoms with E-state index in [0.29, 0.717) is 0 Å². The topological polar surface area (TPSA) is 41.6 Å². The molecule has 1 N–H and O–H groups in total. The lowest BCUT2D eigenvalue weighted by molar-refractivity contribution is -0.130. The van der Waals surface area contributed by atoms with Gasteiger partial charge in [-0.15, -0.1) is 0 Å². The van der Waals surface area contributed by atoms with Crippen molar-refractivity contribution in [2.45, 2.75) is 50.2 Å². The molecule has 1 aliphatic heterocycles. The van der Waals surface area contributed by atoms with Crippen molar-refractivity contribution >= 4 is 5.91 Å². The molecule has 1 aliphatic carbocycles. The van der Waals surface area contributed by atoms with Crippen molar-refractivity contribution < 1.29 is 9.53 Å². The summed E-state index contributed by atoms with van der Waals surface area (Å²) in [5.74, 6) is 0.0793. The van der Waals surface area contributed by atoms with Gasteiger partial charge in [-0.3, -0.25) is 4.79 Å². The van der Waals surface area contributed by atoms with Crippen molar-refractivity contribution in [3.63, 3.8) is 0 Å². The normalized spacial score (nSPS) is 27.6. The molecule has 0 aromatic rings. The Morgan fingerprint density at radius 1 is 1.35 bits per heavy atom. The molecule has 0 spiro atoms. The van der Waals surface area contributed by atoms with Gasteiger partial charge in [0.1, 0.15) is 6.10 Å². The summed E-state index contributed by atoms with van der Waals surface area (Å²) in [7, 11) is 4.23. The van der Waals surface area contributed by atoms with Crippen LogP contribution in [0, 0.1) is 0 Å². The summed E-state index contributed by atoms with van der Waals surface area (Å²) in [6.07, 6.45) is 6.60. The minimum atomic E-state index is -0.199. The van der Waals surface area contributed by atoms with E-state index in [2.05, 4.69) is 24.3 Å². The Morgan fingerprint density at radius 2 is 2.06 bits per heavy atom. The molecular weight excluding hydrogens is 216 g/mol. The van der Waals surface area contributed by atoms with Crippen LogP contribution in [0.5, 0.6) is 0 Å². The standard InChI is InChI=1S/C13H24N2O2/c1-15(2)13(7-3-4-8-13)10-14-12(16)11-6-5-9-17-11/h11H,3-10H2,1-2H3,(H,14,16). The number of hydrogen-bond donors (Lipinski definition) is 1. The first kappa shape index (κ1) is 12.8. The lowest BCUT2D eigenvalue weighted by atomic mass is 9.96. The summed E-state index contributed by atoms with van der Waals surface area (Å²) in [5.41, 5.74) is 0.175. The van der Waals surface area contributed by atoms with Crippen LogP contribution >= 0.6 is 0 Å². The second-order valence-corrected chi connectivity index (χ2v) is 5.55. The van der Waals surface area contributed by atoms with E-state index in [0.717, 1.165) is 26.0 Å². The Labute approximate surface area is 104 Å². The Kier molecular flexibility index (Phi) is 4.05. The third-order valence-electron chi connectivity index (χ3n) is 4.30. The highest BCUT2D eigenvalue weighted by Gasteiger charge is 2.36. The van der Waals surface area contributed by atoms with E-state index in [1.807, 2.05) is 0 Å². The average molecular weight is 240 g/mol. The number of likely N-dealkylation sites (N-methyl/N-ethyl adjacent to an activating group) is 1. The lowest BCUT2D eigenvalue weighted by Crippen LogP contribution is -2.52. The molecule has 1 unspecified atom stereocenters. The van der Waals surface area contributed by atoms with Crippen LogP contribution in [0.4, 0.5) is 0 Å². The third-order valence-corrected chi connectivity index (χ3v) is 4.30. The zero-order chi connectivity index (χ0) is 12.3. The second-order valence-electron chi connectivity index (χ2n) is 5.55. The number of rotatable bonds is 4. The predicted octanol–water partition coefficient (Wildman–Crippen LogP) is 1.16. The van der Waals surface area contributed by atoms with Gasteiger partial charge in [-0.05, 0) is 39.8 Å². The van der Waals surface area contributed by atoms with Crippen LogP contribution in [-0.4, -0.2) is 49.7 Å². The fraction of sp³-hybridized carbons (Fsp3) is 0.923. The van der Waals surface area contributed by atoms with Gasteiger partial charge in [-0.1, -0.05) is 12.8 Å². The SMILES string of the molecule is CN(C)C1(CNC(=O)C2CCCO2)CCCC1. The smallest absolute Gasteiger partial charge is 0.249 e. The molecule has 0 radical (unpaired) electrons. The highest BCUT2D eigenvalue weighted by Crippen LogP contribution is 2.33. The molecule has 2 rings (SSSR count). The minimum Gasteiger partial charge on any atom is -0.368 e. The van der Waals surface area contributed by atoms with E-state index >= 15 is 0 Å². The molecule has 1 saturated carbocycles. The van der Waals surface area contributed by atoms with Crippen LogP contribution < -0.4 is 5.32 Å². The van der Waals surface area contributed by atoms with Crippen LogP contribution in [-0.2, 0) is 9.53 Å². The van der Waals surface area contributed by atoms with Gasteiger partial charge in [0.15, 0.2) is 0 Å². The van der Waals surface area contributed by atoms with Crippen molar-refractivity contribution in [2.75, 3.05) is 27.2 Å². The highest BCUT2D eigenvalue weighted by molar-refractivity contribution is 5.81. The summed E-state index contributed by atoms with van der Waals surface area (Å²) in [4.78, 5) is 14.2. The zero-order valence-electron chi connectivity index (χ0n) is 11.0. The molecule has 2 fully saturated rings. The van der Waals surface area contributed by atoms with E-state index in [-0.39, 0.29) is 17.6 Å². The van der Waals surface area contributed by atoms with E-state index < -0.39 is 0 Å². The summed E-state index contributed by atoms with van der Waals surface area (Å²) < 4.78 is 5.40. The molecule has 1 saturated heterocycles. The maximum atomic E-state index is 11.9. The van der Waals surface area contributed by atoms with Crippen molar-refractivity contribution in [3.8, 4) is 0 Å². The number of ether oxygens (including phenoxy) is 1. The maximum Gasteiger partial charge on any atom is 0.249 e. The molecule has 1 atom stereocenters. The Morgan fingerprint density at radius 3 is 2.59 bits per heavy atom. The van der Waals surface area contributed by atoms with E-state index in [1.165, 1.54) is 25.7 Å². The zero-order valence-corrected chi connectivity index (χ0v) is 11.0. The van der Waals surface area contributed by atoms with Gasteiger partial charge in [-0.25, -0.2) is 0 Å². The molecule has 0 aromatic carbocycles. The molecule has 98 valence electrons. The molecule has 0 bridgehead atoms. The molecule has 1 amide bonds. The van der Waals surface area contributed by atoms with E-state index in [1.54, 1.807) is 0 Å². The minimum absolute atomic E-state index is 0.0793. The molecule has 4 nitrogen and oxygen atoms in total. The third kappa shape index (κ3) is 2.80. The second kappa shape index (κ2) is 5.36. The van der Waals surface area contributed by atoms with Crippen LogP contribution in [0.25, 0.3) is 0 Å². The number of nitrogens with zero attached hydrogens (tertiary/aromatic N) is 1. The average Bonchev–Trinajstić information content (AvgIpc) is 2.97. The van der Waals surface area contributed by atoms with Crippen molar-refractivity contribution in [3.05, 3.63) is 0 Å². The monoisotopic (exact) mass is 240 g/mol. The van der Waals surface area contributed by atoms with Gasteiger partial charge in [0.2, 0.25) is 5.91 Å². The molecule has 0 aromatic heterocycles. The maximum absolute atomic E-state index is 11.9. The Balaban J connectivity index is 1.85. The number of carbonyl (C=O) groups is 1. The van der Waals surface area contributed by atoms with Gasteiger partial charge < -0.3 is 15.0 Å². The Bertz CT molecular complexity index is 267. The van der Waals surface area contributed by atoms with Crippen LogP contribution in [0.1, 0.15) is 38.5 Å². The fourth-order valence-corrected chi connectivity index (χ4v) is 2.97. The van der Waals surface area contributed by atoms with Gasteiger partial charge in [-0.2, -0.15) is 0 Å². The number of carbonyl (C=O) groups excluding carboxylic acids is 1. The Hall–Kier alpha value is -0.610. The van der Waals surface area contributed by atoms with Crippen LogP contribution in [0.3, 0.4) is 0 Å². The predicted molar refractivity (Wildman–Crippen MR) is 66.9 cm³/mol. The van der Waals surface area contributed by atoms with Crippen LogP contribution in [0.15, 0.2) is 0 Å². The fourth-order valence-electron chi connectivity index (χ4n) is 2.97. The van der Waals surface area contributed by atoms with Gasteiger partial charge in [0.25, 0.3) is 0 Å². The summed E-state index contributed by atoms with van der Waals surface area (Å²) in [5, 5.41) is 3.08. The molecule has 4 heteroatoms. The highest BCUT2D eigenvalue weighted by atomic mass is 16.5. The van der Waals surface area contributed by atoms with Gasteiger partial charge >= 0.3 is 0 Å². The van der Waals surface area contributed by atoms with Gasteiger partial charge in [0.05, 0.1) is 0 Å². The first-order valence-electron chi connectivity index (χ1n) is 6.71. The van der Waals surface area contributed by atoms with Gasteiger partial charge in [0, 0.05) is 18.7 Å².